The Morgan fingerprint density at radius 2 is 1.97 bits per heavy atom. The lowest BCUT2D eigenvalue weighted by atomic mass is 9.68. The van der Waals surface area contributed by atoms with Gasteiger partial charge in [-0.2, -0.15) is 0 Å². The number of hydrogen-bond acceptors (Lipinski definition) is 7. The minimum absolute atomic E-state index is 0.0492. The quantitative estimate of drug-likeness (QED) is 0.435. The van der Waals surface area contributed by atoms with Crippen molar-refractivity contribution in [3.63, 3.8) is 0 Å². The fourth-order valence-electron chi connectivity index (χ4n) is 6.27. The first-order valence-corrected chi connectivity index (χ1v) is 12.6. The highest BCUT2D eigenvalue weighted by Gasteiger charge is 2.72. The Bertz CT molecular complexity index is 769. The summed E-state index contributed by atoms with van der Waals surface area (Å²) in [6, 6.07) is 0. The summed E-state index contributed by atoms with van der Waals surface area (Å²) < 4.78 is 24.2. The van der Waals surface area contributed by atoms with E-state index >= 15 is 0 Å². The second-order valence-corrected chi connectivity index (χ2v) is 11.3. The van der Waals surface area contributed by atoms with Crippen LogP contribution >= 0.6 is 0 Å². The first-order chi connectivity index (χ1) is 15.7. The zero-order valence-electron chi connectivity index (χ0n) is 20.5. The Hall–Kier alpha value is -1.19. The van der Waals surface area contributed by atoms with Gasteiger partial charge in [-0.25, -0.2) is 4.79 Å². The first-order valence-electron chi connectivity index (χ1n) is 12.6. The molecule has 0 aromatic heterocycles. The number of likely N-dealkylation sites (tertiary alicyclic amines) is 2. The van der Waals surface area contributed by atoms with E-state index in [4.69, 9.17) is 18.9 Å². The second-order valence-electron chi connectivity index (χ2n) is 11.3. The van der Waals surface area contributed by atoms with Crippen molar-refractivity contribution >= 4 is 6.09 Å². The van der Waals surface area contributed by atoms with Crippen molar-refractivity contribution in [2.45, 2.75) is 82.1 Å². The maximum atomic E-state index is 12.9. The van der Waals surface area contributed by atoms with Crippen LogP contribution in [0.15, 0.2) is 11.6 Å². The summed E-state index contributed by atoms with van der Waals surface area (Å²) in [6.07, 6.45) is 5.04. The molecular weight excluding hydrogens is 424 g/mol. The van der Waals surface area contributed by atoms with Crippen molar-refractivity contribution in [1.29, 1.82) is 0 Å². The Labute approximate surface area is 197 Å². The molecule has 4 heterocycles. The van der Waals surface area contributed by atoms with Crippen LogP contribution < -0.4 is 0 Å². The summed E-state index contributed by atoms with van der Waals surface area (Å²) in [4.78, 5) is 16.9. The Kier molecular flexibility index (Phi) is 6.27. The van der Waals surface area contributed by atoms with Crippen LogP contribution in [0, 0.1) is 11.8 Å². The van der Waals surface area contributed by atoms with E-state index in [2.05, 4.69) is 31.7 Å². The van der Waals surface area contributed by atoms with Gasteiger partial charge in [0.1, 0.15) is 23.4 Å². The molecular formula is C25H40N2O6. The van der Waals surface area contributed by atoms with Gasteiger partial charge in [0, 0.05) is 33.3 Å². The number of allylic oxidation sites excluding steroid dienone is 1. The van der Waals surface area contributed by atoms with Crippen molar-refractivity contribution in [2.75, 3.05) is 46.4 Å². The van der Waals surface area contributed by atoms with Crippen molar-refractivity contribution < 1.29 is 28.8 Å². The molecule has 5 fully saturated rings. The van der Waals surface area contributed by atoms with Crippen LogP contribution in [0.25, 0.3) is 0 Å². The number of carbonyl (C=O) groups excluding carboxylic acids is 1. The third-order valence-corrected chi connectivity index (χ3v) is 8.50. The molecule has 5 rings (SSSR count). The molecule has 1 N–H and O–H groups in total. The van der Waals surface area contributed by atoms with Crippen LogP contribution in [0.5, 0.6) is 0 Å². The number of methoxy groups -OCH3 is 1. The predicted molar refractivity (Wildman–Crippen MR) is 122 cm³/mol. The minimum Gasteiger partial charge on any atom is -0.443 e. The lowest BCUT2D eigenvalue weighted by molar-refractivity contribution is -0.124. The molecule has 1 unspecified atom stereocenters. The summed E-state index contributed by atoms with van der Waals surface area (Å²) in [6.45, 7) is 11.2. The molecule has 186 valence electrons. The molecule has 0 radical (unpaired) electrons. The number of ether oxygens (including phenoxy) is 4. The van der Waals surface area contributed by atoms with Gasteiger partial charge >= 0.3 is 6.09 Å². The number of aliphatic hydroxyl groups is 1. The summed E-state index contributed by atoms with van der Waals surface area (Å²) >= 11 is 0. The topological polar surface area (TPSA) is 87.3 Å². The highest BCUT2D eigenvalue weighted by atomic mass is 16.6. The number of rotatable bonds is 8. The Morgan fingerprint density at radius 3 is 2.58 bits per heavy atom. The average Bonchev–Trinajstić information content (AvgIpc) is 3.62. The second kappa shape index (κ2) is 8.79. The Morgan fingerprint density at radius 1 is 1.24 bits per heavy atom. The number of aliphatic hydroxyl groups excluding tert-OH is 1. The van der Waals surface area contributed by atoms with Gasteiger partial charge in [-0.1, -0.05) is 11.6 Å². The molecule has 8 heteroatoms. The van der Waals surface area contributed by atoms with Crippen LogP contribution in [-0.2, 0) is 18.9 Å². The number of nitrogens with zero attached hydrogens (tertiary/aromatic N) is 2. The molecule has 0 bridgehead atoms. The van der Waals surface area contributed by atoms with Crippen LogP contribution in [0.4, 0.5) is 4.79 Å². The molecule has 4 aliphatic heterocycles. The maximum Gasteiger partial charge on any atom is 0.410 e. The molecule has 1 spiro atoms. The van der Waals surface area contributed by atoms with Crippen LogP contribution in [0.3, 0.4) is 0 Å². The van der Waals surface area contributed by atoms with Gasteiger partial charge < -0.3 is 29.0 Å². The average molecular weight is 465 g/mol. The van der Waals surface area contributed by atoms with Crippen molar-refractivity contribution in [1.82, 2.24) is 9.80 Å². The smallest absolute Gasteiger partial charge is 0.410 e. The van der Waals surface area contributed by atoms with Crippen LogP contribution in [0.2, 0.25) is 0 Å². The van der Waals surface area contributed by atoms with E-state index in [1.54, 1.807) is 7.11 Å². The number of hydrogen-bond donors (Lipinski definition) is 1. The van der Waals surface area contributed by atoms with Gasteiger partial charge in [0.25, 0.3) is 0 Å². The van der Waals surface area contributed by atoms with Gasteiger partial charge in [0.2, 0.25) is 0 Å². The van der Waals surface area contributed by atoms with E-state index in [1.165, 1.54) is 5.57 Å². The van der Waals surface area contributed by atoms with Gasteiger partial charge in [-0.3, -0.25) is 4.90 Å². The zero-order chi connectivity index (χ0) is 23.4. The number of carbonyl (C=O) groups is 1. The van der Waals surface area contributed by atoms with Crippen molar-refractivity contribution in [3.05, 3.63) is 11.6 Å². The van der Waals surface area contributed by atoms with Crippen LogP contribution in [0.1, 0.15) is 46.5 Å². The van der Waals surface area contributed by atoms with E-state index in [1.807, 2.05) is 4.90 Å². The molecule has 8 nitrogen and oxygen atoms in total. The minimum atomic E-state index is -0.319. The zero-order valence-corrected chi connectivity index (χ0v) is 20.5. The van der Waals surface area contributed by atoms with Crippen LogP contribution in [-0.4, -0.2) is 103 Å². The lowest BCUT2D eigenvalue weighted by Crippen LogP contribution is -2.58. The standard InChI is InChI=1S/C25H40N2O6/c1-16(2)5-6-20-24(3,33-20)22-21(30-4)19(7-9-25(22)15-31-25)32-23(29)27-11-17(12-27)8-10-26-13-18(28)14-26/h5,17-22,28H,6-15H2,1-4H3/t19-,20-,21-,22?,24+,25+/m1/s1. The Balaban J connectivity index is 1.15. The molecule has 0 aromatic carbocycles. The number of amides is 1. The molecule has 1 aliphatic carbocycles. The van der Waals surface area contributed by atoms with Gasteiger partial charge in [-0.15, -0.1) is 0 Å². The molecule has 33 heavy (non-hydrogen) atoms. The highest BCUT2D eigenvalue weighted by molar-refractivity contribution is 5.69. The molecule has 1 amide bonds. The molecule has 0 aromatic rings. The fraction of sp³-hybridized carbons (Fsp3) is 0.880. The first kappa shape index (κ1) is 23.5. The summed E-state index contributed by atoms with van der Waals surface area (Å²) in [5.41, 5.74) is 0.768. The monoisotopic (exact) mass is 464 g/mol. The molecule has 5 aliphatic rings. The van der Waals surface area contributed by atoms with Gasteiger partial charge in [-0.05, 0) is 58.9 Å². The highest BCUT2D eigenvalue weighted by Crippen LogP contribution is 2.59. The normalized spacial score (nSPS) is 40.8. The summed E-state index contributed by atoms with van der Waals surface area (Å²) in [5.74, 6) is 0.568. The van der Waals surface area contributed by atoms with Crippen molar-refractivity contribution in [3.8, 4) is 0 Å². The summed E-state index contributed by atoms with van der Waals surface area (Å²) in [7, 11) is 1.71. The molecule has 1 saturated carbocycles. The van der Waals surface area contributed by atoms with E-state index < -0.39 is 0 Å². The van der Waals surface area contributed by atoms with E-state index in [9.17, 15) is 9.90 Å². The largest absolute Gasteiger partial charge is 0.443 e. The van der Waals surface area contributed by atoms with E-state index in [0.29, 0.717) is 5.92 Å². The van der Waals surface area contributed by atoms with Gasteiger partial charge in [0.05, 0.1) is 24.7 Å². The van der Waals surface area contributed by atoms with E-state index in [-0.39, 0.29) is 47.6 Å². The molecule has 4 saturated heterocycles. The number of epoxide rings is 2. The predicted octanol–water partition coefficient (Wildman–Crippen LogP) is 2.20. The number of β-amino-alcohol motifs (C(OH)–C–C–N with tert-alkyl or cyclic N) is 1. The van der Waals surface area contributed by atoms with Gasteiger partial charge in [0.15, 0.2) is 0 Å². The SMILES string of the molecule is CO[C@H]1C([C@@]2(C)O[C@@H]2CC=C(C)C)[C@]2(CC[C@H]1OC(=O)N1CC(CCN3CC(O)C3)C1)CO2. The maximum absolute atomic E-state index is 12.9. The van der Waals surface area contributed by atoms with Crippen molar-refractivity contribution in [2.24, 2.45) is 11.8 Å². The third kappa shape index (κ3) is 4.57. The van der Waals surface area contributed by atoms with E-state index in [0.717, 1.165) is 65.0 Å². The third-order valence-electron chi connectivity index (χ3n) is 8.50. The fourth-order valence-corrected chi connectivity index (χ4v) is 6.27. The molecule has 6 atom stereocenters. The summed E-state index contributed by atoms with van der Waals surface area (Å²) in [5, 5.41) is 9.40. The lowest BCUT2D eigenvalue weighted by Gasteiger charge is -2.45.